The van der Waals surface area contributed by atoms with Crippen LogP contribution in [0.25, 0.3) is 0 Å². The average molecular weight is 252 g/mol. The molecule has 4 heteroatoms. The van der Waals surface area contributed by atoms with Gasteiger partial charge in [-0.2, -0.15) is 0 Å². The maximum Gasteiger partial charge on any atom is 0.234 e. The Labute approximate surface area is 107 Å². The van der Waals surface area contributed by atoms with E-state index in [1.54, 1.807) is 11.8 Å². The molecule has 0 fully saturated rings. The molecule has 0 aliphatic heterocycles. The van der Waals surface area contributed by atoms with Crippen LogP contribution in [0.3, 0.4) is 0 Å². The van der Waals surface area contributed by atoms with Crippen molar-refractivity contribution in [3.05, 3.63) is 29.3 Å². The third-order valence-electron chi connectivity index (χ3n) is 2.62. The molecule has 0 aliphatic rings. The Bertz CT molecular complexity index is 393. The molecule has 0 aromatic heterocycles. The van der Waals surface area contributed by atoms with Crippen LogP contribution in [-0.2, 0) is 4.79 Å². The van der Waals surface area contributed by atoms with E-state index in [1.807, 2.05) is 32.0 Å². The highest BCUT2D eigenvalue weighted by atomic mass is 32.2. The number of amides is 1. The van der Waals surface area contributed by atoms with Gasteiger partial charge in [-0.25, -0.2) is 0 Å². The van der Waals surface area contributed by atoms with E-state index in [-0.39, 0.29) is 5.91 Å². The predicted molar refractivity (Wildman–Crippen MR) is 75.5 cm³/mol. The zero-order valence-electron chi connectivity index (χ0n) is 10.6. The second-order valence-electron chi connectivity index (χ2n) is 4.20. The zero-order chi connectivity index (χ0) is 12.8. The maximum atomic E-state index is 11.7. The second kappa shape index (κ2) is 6.67. The summed E-state index contributed by atoms with van der Waals surface area (Å²) in [5, 5.41) is 3.21. The summed E-state index contributed by atoms with van der Waals surface area (Å²) < 4.78 is 0. The van der Waals surface area contributed by atoms with Crippen molar-refractivity contribution in [2.24, 2.45) is 5.73 Å². The Morgan fingerprint density at radius 2 is 2.12 bits per heavy atom. The van der Waals surface area contributed by atoms with Crippen molar-refractivity contribution in [2.75, 3.05) is 17.6 Å². The van der Waals surface area contributed by atoms with E-state index in [0.717, 1.165) is 5.69 Å². The number of nitrogens with two attached hydrogens (primary N) is 1. The minimum absolute atomic E-state index is 0.0264. The lowest BCUT2D eigenvalue weighted by atomic mass is 10.1. The van der Waals surface area contributed by atoms with Gasteiger partial charge in [0.05, 0.1) is 5.75 Å². The van der Waals surface area contributed by atoms with E-state index in [4.69, 9.17) is 5.73 Å². The minimum Gasteiger partial charge on any atom is -0.329 e. The zero-order valence-corrected chi connectivity index (χ0v) is 11.4. The monoisotopic (exact) mass is 252 g/mol. The molecule has 0 aliphatic carbocycles. The number of carbonyl (C=O) groups is 1. The number of hydrogen-bond donors (Lipinski definition) is 2. The summed E-state index contributed by atoms with van der Waals surface area (Å²) in [5.41, 5.74) is 8.77. The van der Waals surface area contributed by atoms with Gasteiger partial charge in [-0.1, -0.05) is 13.0 Å². The van der Waals surface area contributed by atoms with Gasteiger partial charge in [0.15, 0.2) is 0 Å². The van der Waals surface area contributed by atoms with E-state index in [2.05, 4.69) is 12.2 Å². The van der Waals surface area contributed by atoms with Crippen LogP contribution in [0.4, 0.5) is 5.69 Å². The van der Waals surface area contributed by atoms with E-state index < -0.39 is 0 Å². The highest BCUT2D eigenvalue weighted by Crippen LogP contribution is 2.15. The summed E-state index contributed by atoms with van der Waals surface area (Å²) in [4.78, 5) is 11.7. The van der Waals surface area contributed by atoms with Gasteiger partial charge in [-0.3, -0.25) is 4.79 Å². The molecular weight excluding hydrogens is 232 g/mol. The highest BCUT2D eigenvalue weighted by Gasteiger charge is 2.06. The van der Waals surface area contributed by atoms with Crippen molar-refractivity contribution >= 4 is 23.4 Å². The molecule has 0 spiro atoms. The highest BCUT2D eigenvalue weighted by molar-refractivity contribution is 8.00. The van der Waals surface area contributed by atoms with Crippen molar-refractivity contribution < 1.29 is 4.79 Å². The number of aryl methyl sites for hydroxylation is 2. The molecule has 1 unspecified atom stereocenters. The summed E-state index contributed by atoms with van der Waals surface area (Å²) in [6.45, 7) is 6.71. The van der Waals surface area contributed by atoms with Gasteiger partial charge >= 0.3 is 0 Å². The van der Waals surface area contributed by atoms with Crippen molar-refractivity contribution in [1.29, 1.82) is 0 Å². The first-order valence-electron chi connectivity index (χ1n) is 5.71. The average Bonchev–Trinajstić information content (AvgIpc) is 2.31. The number of anilines is 1. The van der Waals surface area contributed by atoms with Crippen LogP contribution in [0.5, 0.6) is 0 Å². The Hall–Kier alpha value is -1.00. The van der Waals surface area contributed by atoms with Gasteiger partial charge < -0.3 is 11.1 Å². The molecule has 17 heavy (non-hydrogen) atoms. The standard InChI is InChI=1S/C13H20N2OS/c1-9-4-5-12(6-10(9)2)15-13(16)8-17-11(3)7-14/h4-6,11H,7-8,14H2,1-3H3,(H,15,16). The first kappa shape index (κ1) is 14.1. The fraction of sp³-hybridized carbons (Fsp3) is 0.462. The number of benzene rings is 1. The second-order valence-corrected chi connectivity index (χ2v) is 5.63. The molecular formula is C13H20N2OS. The number of rotatable bonds is 5. The Morgan fingerprint density at radius 3 is 2.71 bits per heavy atom. The minimum atomic E-state index is 0.0264. The first-order valence-corrected chi connectivity index (χ1v) is 6.76. The van der Waals surface area contributed by atoms with Gasteiger partial charge in [0.1, 0.15) is 0 Å². The van der Waals surface area contributed by atoms with Crippen LogP contribution >= 0.6 is 11.8 Å². The maximum absolute atomic E-state index is 11.7. The molecule has 94 valence electrons. The quantitative estimate of drug-likeness (QED) is 0.845. The molecule has 0 saturated heterocycles. The fourth-order valence-corrected chi connectivity index (χ4v) is 1.95. The molecule has 1 rings (SSSR count). The summed E-state index contributed by atoms with van der Waals surface area (Å²) in [6.07, 6.45) is 0. The van der Waals surface area contributed by atoms with E-state index in [1.165, 1.54) is 11.1 Å². The Morgan fingerprint density at radius 1 is 1.41 bits per heavy atom. The smallest absolute Gasteiger partial charge is 0.234 e. The van der Waals surface area contributed by atoms with Gasteiger partial charge in [0.2, 0.25) is 5.91 Å². The topological polar surface area (TPSA) is 55.1 Å². The molecule has 1 amide bonds. The molecule has 1 aromatic carbocycles. The number of thioether (sulfide) groups is 1. The van der Waals surface area contributed by atoms with Crippen molar-refractivity contribution in [2.45, 2.75) is 26.0 Å². The van der Waals surface area contributed by atoms with E-state index in [9.17, 15) is 4.79 Å². The number of carbonyl (C=O) groups excluding carboxylic acids is 1. The predicted octanol–water partition coefficient (Wildman–Crippen LogP) is 2.32. The van der Waals surface area contributed by atoms with Gasteiger partial charge in [-0.05, 0) is 37.1 Å². The van der Waals surface area contributed by atoms with Crippen LogP contribution in [0.1, 0.15) is 18.1 Å². The summed E-state index contributed by atoms with van der Waals surface area (Å²) in [7, 11) is 0. The third kappa shape index (κ3) is 4.79. The van der Waals surface area contributed by atoms with Crippen LogP contribution in [0.15, 0.2) is 18.2 Å². The lowest BCUT2D eigenvalue weighted by Crippen LogP contribution is -2.19. The summed E-state index contributed by atoms with van der Waals surface area (Å²) >= 11 is 1.57. The molecule has 0 bridgehead atoms. The lowest BCUT2D eigenvalue weighted by molar-refractivity contribution is -0.113. The Balaban J connectivity index is 2.48. The summed E-state index contributed by atoms with van der Waals surface area (Å²) in [5.74, 6) is 0.476. The van der Waals surface area contributed by atoms with Crippen LogP contribution in [0.2, 0.25) is 0 Å². The first-order chi connectivity index (χ1) is 8.02. The normalized spacial score (nSPS) is 12.2. The molecule has 3 nitrogen and oxygen atoms in total. The largest absolute Gasteiger partial charge is 0.329 e. The lowest BCUT2D eigenvalue weighted by Gasteiger charge is -2.09. The number of nitrogens with one attached hydrogen (secondary N) is 1. The molecule has 0 heterocycles. The molecule has 0 saturated carbocycles. The van der Waals surface area contributed by atoms with Crippen molar-refractivity contribution in [3.63, 3.8) is 0 Å². The molecule has 0 radical (unpaired) electrons. The van der Waals surface area contributed by atoms with Gasteiger partial charge in [0, 0.05) is 17.5 Å². The van der Waals surface area contributed by atoms with Crippen LogP contribution in [-0.4, -0.2) is 23.5 Å². The molecule has 3 N–H and O–H groups in total. The molecule has 1 atom stereocenters. The van der Waals surface area contributed by atoms with Crippen LogP contribution in [0, 0.1) is 13.8 Å². The van der Waals surface area contributed by atoms with Gasteiger partial charge in [-0.15, -0.1) is 11.8 Å². The third-order valence-corrected chi connectivity index (χ3v) is 3.81. The fourth-order valence-electron chi connectivity index (χ4n) is 1.30. The SMILES string of the molecule is Cc1ccc(NC(=O)CSC(C)CN)cc1C. The molecule has 1 aromatic rings. The Kier molecular flexibility index (Phi) is 5.51. The van der Waals surface area contributed by atoms with E-state index >= 15 is 0 Å². The van der Waals surface area contributed by atoms with Crippen LogP contribution < -0.4 is 11.1 Å². The summed E-state index contributed by atoms with van der Waals surface area (Å²) in [6, 6.07) is 5.93. The van der Waals surface area contributed by atoms with Crippen molar-refractivity contribution in [3.8, 4) is 0 Å². The van der Waals surface area contributed by atoms with Crippen molar-refractivity contribution in [1.82, 2.24) is 0 Å². The van der Waals surface area contributed by atoms with Gasteiger partial charge in [0.25, 0.3) is 0 Å². The van der Waals surface area contributed by atoms with E-state index in [0.29, 0.717) is 17.5 Å². The number of hydrogen-bond acceptors (Lipinski definition) is 3.